The molecule has 2 N–H and O–H groups in total. The number of carboxylic acid groups (broad SMARTS) is 1. The highest BCUT2D eigenvalue weighted by atomic mass is 16.4. The maximum atomic E-state index is 12.1. The van der Waals surface area contributed by atoms with Crippen molar-refractivity contribution in [3.8, 4) is 0 Å². The summed E-state index contributed by atoms with van der Waals surface area (Å²) in [5.74, 6) is -1.61. The van der Waals surface area contributed by atoms with Crippen LogP contribution in [0.5, 0.6) is 0 Å². The normalized spacial score (nSPS) is 13.8. The lowest BCUT2D eigenvalue weighted by Crippen LogP contribution is -2.20. The first-order valence-corrected chi connectivity index (χ1v) is 7.69. The van der Waals surface area contributed by atoms with Crippen LogP contribution in [0.25, 0.3) is 0 Å². The molecule has 1 aliphatic carbocycles. The number of anilines is 1. The van der Waals surface area contributed by atoms with Crippen LogP contribution in [0.4, 0.5) is 5.69 Å². The second-order valence-electron chi connectivity index (χ2n) is 5.89. The number of carboxylic acids is 1. The number of aromatic carboxylic acids is 1. The number of hydrogen-bond donors (Lipinski definition) is 2. The average Bonchev–Trinajstić information content (AvgIpc) is 3.41. The van der Waals surface area contributed by atoms with Crippen LogP contribution in [0.2, 0.25) is 0 Å². The molecular weight excluding hydrogens is 308 g/mol. The van der Waals surface area contributed by atoms with Crippen LogP contribution in [0, 0.1) is 0 Å². The van der Waals surface area contributed by atoms with Gasteiger partial charge in [0.05, 0.1) is 12.4 Å². The molecule has 3 rings (SSSR count). The van der Waals surface area contributed by atoms with E-state index in [9.17, 15) is 9.59 Å². The molecule has 1 fully saturated rings. The van der Waals surface area contributed by atoms with Crippen molar-refractivity contribution in [3.63, 3.8) is 0 Å². The van der Waals surface area contributed by atoms with Crippen molar-refractivity contribution in [2.45, 2.75) is 25.4 Å². The molecule has 7 nitrogen and oxygen atoms in total. The van der Waals surface area contributed by atoms with Gasteiger partial charge in [-0.25, -0.2) is 14.8 Å². The van der Waals surface area contributed by atoms with E-state index < -0.39 is 11.9 Å². The molecule has 0 saturated heterocycles. The molecule has 1 aliphatic rings. The fourth-order valence-corrected chi connectivity index (χ4v) is 2.38. The second-order valence-corrected chi connectivity index (χ2v) is 5.89. The van der Waals surface area contributed by atoms with Crippen LogP contribution in [-0.4, -0.2) is 44.9 Å². The fourth-order valence-electron chi connectivity index (χ4n) is 2.38. The number of nitrogens with zero attached hydrogens (tertiary/aromatic N) is 3. The van der Waals surface area contributed by atoms with E-state index in [1.807, 2.05) is 24.3 Å². The maximum Gasteiger partial charge on any atom is 0.356 e. The summed E-state index contributed by atoms with van der Waals surface area (Å²) in [6.45, 7) is 0.890. The minimum absolute atomic E-state index is 0.0672. The summed E-state index contributed by atoms with van der Waals surface area (Å²) in [6, 6.07) is 8.35. The third-order valence-electron chi connectivity index (χ3n) is 3.92. The van der Waals surface area contributed by atoms with Gasteiger partial charge < -0.3 is 10.4 Å². The highest BCUT2D eigenvalue weighted by Gasteiger charge is 2.25. The highest BCUT2D eigenvalue weighted by molar-refractivity contribution is 6.02. The van der Waals surface area contributed by atoms with Gasteiger partial charge in [0.15, 0.2) is 5.69 Å². The van der Waals surface area contributed by atoms with E-state index in [4.69, 9.17) is 5.11 Å². The third kappa shape index (κ3) is 3.94. The van der Waals surface area contributed by atoms with Crippen molar-refractivity contribution >= 4 is 17.6 Å². The molecule has 0 atom stereocenters. The topological polar surface area (TPSA) is 95.4 Å². The monoisotopic (exact) mass is 326 g/mol. The Labute approximate surface area is 139 Å². The van der Waals surface area contributed by atoms with Crippen molar-refractivity contribution in [2.75, 3.05) is 12.4 Å². The van der Waals surface area contributed by atoms with Crippen molar-refractivity contribution < 1.29 is 14.7 Å². The first-order chi connectivity index (χ1) is 11.5. The van der Waals surface area contributed by atoms with Gasteiger partial charge in [-0.15, -0.1) is 0 Å². The summed E-state index contributed by atoms with van der Waals surface area (Å²) >= 11 is 0. The van der Waals surface area contributed by atoms with Gasteiger partial charge in [0.1, 0.15) is 5.69 Å². The van der Waals surface area contributed by atoms with E-state index in [0.29, 0.717) is 11.7 Å². The van der Waals surface area contributed by atoms with E-state index in [1.165, 1.54) is 18.4 Å². The van der Waals surface area contributed by atoms with E-state index in [0.717, 1.165) is 18.9 Å². The Balaban J connectivity index is 1.60. The van der Waals surface area contributed by atoms with Crippen molar-refractivity contribution in [3.05, 3.63) is 53.6 Å². The van der Waals surface area contributed by atoms with E-state index in [-0.39, 0.29) is 11.4 Å². The molecule has 1 saturated carbocycles. The predicted molar refractivity (Wildman–Crippen MR) is 87.9 cm³/mol. The van der Waals surface area contributed by atoms with E-state index >= 15 is 0 Å². The first-order valence-electron chi connectivity index (χ1n) is 7.69. The molecule has 1 aromatic carbocycles. The van der Waals surface area contributed by atoms with Crippen LogP contribution in [0.1, 0.15) is 39.4 Å². The Bertz CT molecular complexity index is 739. The molecule has 1 aromatic heterocycles. The smallest absolute Gasteiger partial charge is 0.356 e. The van der Waals surface area contributed by atoms with Crippen LogP contribution < -0.4 is 5.32 Å². The Morgan fingerprint density at radius 3 is 2.33 bits per heavy atom. The van der Waals surface area contributed by atoms with Gasteiger partial charge in [-0.05, 0) is 37.6 Å². The van der Waals surface area contributed by atoms with Crippen LogP contribution >= 0.6 is 0 Å². The van der Waals surface area contributed by atoms with Crippen LogP contribution in [0.3, 0.4) is 0 Å². The average molecular weight is 326 g/mol. The SMILES string of the molecule is CN(Cc1ccc(NC(=O)c2cnc(C(=O)O)cn2)cc1)C1CC1. The van der Waals surface area contributed by atoms with Gasteiger partial charge in [-0.3, -0.25) is 9.69 Å². The quantitative estimate of drug-likeness (QED) is 0.843. The predicted octanol–water partition coefficient (Wildman–Crippen LogP) is 2.02. The van der Waals surface area contributed by atoms with Crippen LogP contribution in [0.15, 0.2) is 36.7 Å². The van der Waals surface area contributed by atoms with Gasteiger partial charge in [-0.1, -0.05) is 12.1 Å². The molecular formula is C17H18N4O3. The summed E-state index contributed by atoms with van der Waals surface area (Å²) in [6.07, 6.45) is 4.75. The third-order valence-corrected chi connectivity index (χ3v) is 3.92. The summed E-state index contributed by atoms with van der Waals surface area (Å²) < 4.78 is 0. The number of carbonyl (C=O) groups excluding carboxylic acids is 1. The molecule has 7 heteroatoms. The molecule has 124 valence electrons. The first kappa shape index (κ1) is 16.1. The molecule has 2 aromatic rings. The molecule has 24 heavy (non-hydrogen) atoms. The van der Waals surface area contributed by atoms with E-state index in [1.54, 1.807) is 0 Å². The zero-order valence-corrected chi connectivity index (χ0v) is 13.3. The Morgan fingerprint density at radius 2 is 1.79 bits per heavy atom. The van der Waals surface area contributed by atoms with Crippen LogP contribution in [-0.2, 0) is 6.54 Å². The highest BCUT2D eigenvalue weighted by Crippen LogP contribution is 2.26. The fraction of sp³-hybridized carbons (Fsp3) is 0.294. The maximum absolute atomic E-state index is 12.1. The minimum Gasteiger partial charge on any atom is -0.476 e. The number of amides is 1. The molecule has 0 aliphatic heterocycles. The lowest BCUT2D eigenvalue weighted by molar-refractivity contribution is 0.0689. The largest absolute Gasteiger partial charge is 0.476 e. The number of hydrogen-bond acceptors (Lipinski definition) is 5. The number of aromatic nitrogens is 2. The Kier molecular flexibility index (Phi) is 4.52. The summed E-state index contributed by atoms with van der Waals surface area (Å²) in [4.78, 5) is 32.6. The number of rotatable bonds is 6. The second kappa shape index (κ2) is 6.76. The van der Waals surface area contributed by atoms with Gasteiger partial charge >= 0.3 is 5.97 Å². The van der Waals surface area contributed by atoms with Crippen molar-refractivity contribution in [1.29, 1.82) is 0 Å². The lowest BCUT2D eigenvalue weighted by Gasteiger charge is -2.15. The van der Waals surface area contributed by atoms with Gasteiger partial charge in [0.2, 0.25) is 0 Å². The molecule has 0 bridgehead atoms. The van der Waals surface area contributed by atoms with Crippen molar-refractivity contribution in [1.82, 2.24) is 14.9 Å². The summed E-state index contributed by atoms with van der Waals surface area (Å²) in [5.41, 5.74) is 1.71. The van der Waals surface area contributed by atoms with Gasteiger partial charge in [-0.2, -0.15) is 0 Å². The minimum atomic E-state index is -1.18. The molecule has 0 unspecified atom stereocenters. The number of carbonyl (C=O) groups is 2. The number of benzene rings is 1. The van der Waals surface area contributed by atoms with Gasteiger partial charge in [0.25, 0.3) is 5.91 Å². The zero-order chi connectivity index (χ0) is 17.1. The molecule has 0 spiro atoms. The van der Waals surface area contributed by atoms with Crippen molar-refractivity contribution in [2.24, 2.45) is 0 Å². The molecule has 1 heterocycles. The zero-order valence-electron chi connectivity index (χ0n) is 13.3. The Morgan fingerprint density at radius 1 is 1.17 bits per heavy atom. The summed E-state index contributed by atoms with van der Waals surface area (Å²) in [5, 5.41) is 11.5. The summed E-state index contributed by atoms with van der Waals surface area (Å²) in [7, 11) is 2.12. The van der Waals surface area contributed by atoms with E-state index in [2.05, 4.69) is 27.2 Å². The molecule has 1 amide bonds. The standard InChI is InChI=1S/C17H18N4O3/c1-21(13-6-7-13)10-11-2-4-12(5-3-11)20-16(22)14-8-19-15(9-18-14)17(23)24/h2-5,8-9,13H,6-7,10H2,1H3,(H,20,22)(H,23,24). The number of nitrogens with one attached hydrogen (secondary N) is 1. The lowest BCUT2D eigenvalue weighted by atomic mass is 10.2. The van der Waals surface area contributed by atoms with Gasteiger partial charge in [0, 0.05) is 18.3 Å². The Hall–Kier alpha value is -2.80. The molecule has 0 radical (unpaired) electrons.